The van der Waals surface area contributed by atoms with Crippen molar-refractivity contribution in [2.24, 2.45) is 0 Å². The number of nitrogens with zero attached hydrogens (tertiary/aromatic N) is 1. The molecule has 1 aliphatic carbocycles. The summed E-state index contributed by atoms with van der Waals surface area (Å²) in [5, 5.41) is 9.49. The third-order valence-corrected chi connectivity index (χ3v) is 14.1. The third-order valence-electron chi connectivity index (χ3n) is 14.1. The summed E-state index contributed by atoms with van der Waals surface area (Å²) in [7, 11) is 0. The van der Waals surface area contributed by atoms with E-state index in [1.165, 1.54) is 71.4 Å². The molecule has 0 atom stereocenters. The summed E-state index contributed by atoms with van der Waals surface area (Å²) in [4.78, 5) is 2.40. The Balaban J connectivity index is 1.00. The van der Waals surface area contributed by atoms with E-state index in [1.54, 1.807) is 0 Å². The van der Waals surface area contributed by atoms with Crippen molar-refractivity contribution in [1.82, 2.24) is 0 Å². The Labute approximate surface area is 378 Å². The molecular weight excluding hydrogens is 787 g/mol. The fraction of sp³-hybridized carbons (Fsp3) is 0.0476. The molecule has 0 fully saturated rings. The van der Waals surface area contributed by atoms with Crippen LogP contribution in [-0.2, 0) is 5.41 Å². The van der Waals surface area contributed by atoms with Crippen molar-refractivity contribution in [3.05, 3.63) is 236 Å². The lowest BCUT2D eigenvalue weighted by Gasteiger charge is -2.28. The fourth-order valence-corrected chi connectivity index (χ4v) is 10.9. The number of hydrogen-bond acceptors (Lipinski definition) is 2. The van der Waals surface area contributed by atoms with Crippen molar-refractivity contribution in [3.63, 3.8) is 0 Å². The summed E-state index contributed by atoms with van der Waals surface area (Å²) in [5.74, 6) is 0. The fourth-order valence-electron chi connectivity index (χ4n) is 10.9. The molecule has 11 aromatic carbocycles. The van der Waals surface area contributed by atoms with Crippen LogP contribution in [0.25, 0.3) is 98.8 Å². The second kappa shape index (κ2) is 14.4. The molecule has 0 amide bonds. The number of anilines is 3. The molecule has 0 N–H and O–H groups in total. The highest BCUT2D eigenvalue weighted by atomic mass is 16.3. The minimum Gasteiger partial charge on any atom is -0.455 e. The van der Waals surface area contributed by atoms with Crippen LogP contribution in [0.3, 0.4) is 0 Å². The molecule has 0 radical (unpaired) electrons. The van der Waals surface area contributed by atoms with E-state index < -0.39 is 0 Å². The predicted octanol–water partition coefficient (Wildman–Crippen LogP) is 17.8. The summed E-state index contributed by atoms with van der Waals surface area (Å²) in [6.45, 7) is 4.70. The zero-order chi connectivity index (χ0) is 43.2. The van der Waals surface area contributed by atoms with Gasteiger partial charge in [0.2, 0.25) is 0 Å². The van der Waals surface area contributed by atoms with E-state index in [-0.39, 0.29) is 5.41 Å². The molecule has 306 valence electrons. The SMILES string of the molecule is CC1(C)c2ccccc2-c2ccc(N(c3ccc(-c4ccccc4)cc3)c3ccc(-c4ccc(-c5cccc6ccccc56)c5c4oc4c6ccccc6c6ccccc6c45)cc3)cc21. The van der Waals surface area contributed by atoms with Gasteiger partial charge in [-0.25, -0.2) is 0 Å². The first-order valence-electron chi connectivity index (χ1n) is 22.6. The van der Waals surface area contributed by atoms with Gasteiger partial charge in [0, 0.05) is 44.2 Å². The van der Waals surface area contributed by atoms with Crippen molar-refractivity contribution in [3.8, 4) is 44.5 Å². The Hall–Kier alpha value is -8.20. The molecule has 0 aliphatic heterocycles. The van der Waals surface area contributed by atoms with Crippen LogP contribution in [0.1, 0.15) is 25.0 Å². The van der Waals surface area contributed by atoms with Crippen molar-refractivity contribution in [2.45, 2.75) is 19.3 Å². The van der Waals surface area contributed by atoms with Gasteiger partial charge >= 0.3 is 0 Å². The maximum absolute atomic E-state index is 7.28. The average molecular weight is 830 g/mol. The molecule has 13 rings (SSSR count). The lowest BCUT2D eigenvalue weighted by molar-refractivity contribution is 0.660. The average Bonchev–Trinajstić information content (AvgIpc) is 3.88. The summed E-state index contributed by atoms with van der Waals surface area (Å²) in [5.41, 5.74) is 17.3. The number of fused-ring (bicyclic) bond motifs is 12. The summed E-state index contributed by atoms with van der Waals surface area (Å²) >= 11 is 0. The Kier molecular flexibility index (Phi) is 8.29. The number of hydrogen-bond donors (Lipinski definition) is 0. The lowest BCUT2D eigenvalue weighted by atomic mass is 9.82. The zero-order valence-corrected chi connectivity index (χ0v) is 36.2. The van der Waals surface area contributed by atoms with Gasteiger partial charge in [-0.3, -0.25) is 0 Å². The molecular formula is C63H43NO. The molecule has 1 aromatic heterocycles. The summed E-state index contributed by atoms with van der Waals surface area (Å²) < 4.78 is 7.28. The molecule has 65 heavy (non-hydrogen) atoms. The summed E-state index contributed by atoms with van der Waals surface area (Å²) in [6.07, 6.45) is 0. The highest BCUT2D eigenvalue weighted by Gasteiger charge is 2.36. The third kappa shape index (κ3) is 5.74. The van der Waals surface area contributed by atoms with Gasteiger partial charge in [-0.1, -0.05) is 196 Å². The predicted molar refractivity (Wildman–Crippen MR) is 275 cm³/mol. The maximum Gasteiger partial charge on any atom is 0.143 e. The minimum absolute atomic E-state index is 0.124. The Morgan fingerprint density at radius 2 is 0.846 bits per heavy atom. The van der Waals surface area contributed by atoms with E-state index >= 15 is 0 Å². The van der Waals surface area contributed by atoms with Gasteiger partial charge in [-0.15, -0.1) is 0 Å². The molecule has 1 heterocycles. The van der Waals surface area contributed by atoms with E-state index in [4.69, 9.17) is 4.42 Å². The molecule has 0 unspecified atom stereocenters. The first kappa shape index (κ1) is 37.4. The Morgan fingerprint density at radius 3 is 1.62 bits per heavy atom. The van der Waals surface area contributed by atoms with E-state index in [1.807, 2.05) is 0 Å². The highest BCUT2D eigenvalue weighted by molar-refractivity contribution is 6.33. The highest BCUT2D eigenvalue weighted by Crippen LogP contribution is 2.52. The maximum atomic E-state index is 7.28. The molecule has 1 aliphatic rings. The van der Waals surface area contributed by atoms with Crippen LogP contribution >= 0.6 is 0 Å². The standard InChI is InChI=1S/C63H43NO/c1-63(2)57-26-13-12-22-52(57)53-36-35-46(39-58(53)63)64(44-31-27-41(28-32-44)40-15-4-3-5-16-40)45-33-29-43(30-34-45)48-37-38-55(49-25-14-18-42-17-6-7-19-47(42)49)60-59-54-23-10-8-20-50(54)51-21-9-11-24-56(51)62(59)65-61(48)60/h3-39H,1-2H3. The topological polar surface area (TPSA) is 16.4 Å². The van der Waals surface area contributed by atoms with Gasteiger partial charge < -0.3 is 9.32 Å². The molecule has 2 heteroatoms. The first-order chi connectivity index (χ1) is 32.0. The minimum atomic E-state index is -0.124. The van der Waals surface area contributed by atoms with Crippen LogP contribution in [0.2, 0.25) is 0 Å². The van der Waals surface area contributed by atoms with Gasteiger partial charge in [0.1, 0.15) is 11.2 Å². The van der Waals surface area contributed by atoms with E-state index in [0.29, 0.717) is 0 Å². The second-order valence-corrected chi connectivity index (χ2v) is 18.0. The van der Waals surface area contributed by atoms with Gasteiger partial charge in [-0.2, -0.15) is 0 Å². The van der Waals surface area contributed by atoms with Crippen LogP contribution in [0, 0.1) is 0 Å². The molecule has 0 spiro atoms. The zero-order valence-electron chi connectivity index (χ0n) is 36.2. The Bertz CT molecular complexity index is 3830. The van der Waals surface area contributed by atoms with Gasteiger partial charge in [0.05, 0.1) is 0 Å². The van der Waals surface area contributed by atoms with Gasteiger partial charge in [0.15, 0.2) is 0 Å². The number of benzene rings is 11. The van der Waals surface area contributed by atoms with Gasteiger partial charge in [0.25, 0.3) is 0 Å². The van der Waals surface area contributed by atoms with Crippen LogP contribution in [0.4, 0.5) is 17.1 Å². The smallest absolute Gasteiger partial charge is 0.143 e. The van der Waals surface area contributed by atoms with Crippen molar-refractivity contribution >= 4 is 71.3 Å². The molecule has 2 nitrogen and oxygen atoms in total. The van der Waals surface area contributed by atoms with Crippen LogP contribution in [-0.4, -0.2) is 0 Å². The lowest BCUT2D eigenvalue weighted by Crippen LogP contribution is -2.16. The van der Waals surface area contributed by atoms with E-state index in [0.717, 1.165) is 55.5 Å². The largest absolute Gasteiger partial charge is 0.455 e. The molecule has 0 saturated carbocycles. The molecule has 0 saturated heterocycles. The second-order valence-electron chi connectivity index (χ2n) is 18.0. The number of rotatable bonds is 6. The van der Waals surface area contributed by atoms with Crippen LogP contribution < -0.4 is 4.90 Å². The van der Waals surface area contributed by atoms with Crippen LogP contribution in [0.5, 0.6) is 0 Å². The van der Waals surface area contributed by atoms with E-state index in [9.17, 15) is 0 Å². The normalized spacial score (nSPS) is 12.9. The molecule has 12 aromatic rings. The van der Waals surface area contributed by atoms with Gasteiger partial charge in [-0.05, 0) is 119 Å². The van der Waals surface area contributed by atoms with E-state index in [2.05, 4.69) is 243 Å². The quantitative estimate of drug-likeness (QED) is 0.155. The Morgan fingerprint density at radius 1 is 0.323 bits per heavy atom. The monoisotopic (exact) mass is 829 g/mol. The van der Waals surface area contributed by atoms with Crippen molar-refractivity contribution in [2.75, 3.05) is 4.90 Å². The summed E-state index contributed by atoms with van der Waals surface area (Å²) in [6, 6.07) is 81.9. The van der Waals surface area contributed by atoms with Crippen molar-refractivity contribution in [1.29, 1.82) is 0 Å². The van der Waals surface area contributed by atoms with Crippen molar-refractivity contribution < 1.29 is 4.42 Å². The van der Waals surface area contributed by atoms with Crippen LogP contribution in [0.15, 0.2) is 229 Å². The molecule has 0 bridgehead atoms. The number of furan rings is 1. The first-order valence-corrected chi connectivity index (χ1v) is 22.6.